The molecule has 0 aliphatic carbocycles. The lowest BCUT2D eigenvalue weighted by atomic mass is 10.1. The lowest BCUT2D eigenvalue weighted by Gasteiger charge is -2.12. The number of benzene rings is 2. The fraction of sp³-hybridized carbons (Fsp3) is 0.231. The highest BCUT2D eigenvalue weighted by molar-refractivity contribution is 8.00. The van der Waals surface area contributed by atoms with Crippen molar-refractivity contribution in [3.05, 3.63) is 65.9 Å². The molecule has 2 heterocycles. The SMILES string of the molecule is COc1cc(F)cc2c1cc(C#N)n2CCNc1cc(-c2ccc(C(=O)O)c(SC(C)C)c2)ncn1. The topological polar surface area (TPSA) is 113 Å². The van der Waals surface area contributed by atoms with Crippen LogP contribution < -0.4 is 10.1 Å². The van der Waals surface area contributed by atoms with Gasteiger partial charge >= 0.3 is 5.97 Å². The molecule has 184 valence electrons. The number of carbonyl (C=O) groups is 1. The highest BCUT2D eigenvalue weighted by Gasteiger charge is 2.16. The second kappa shape index (κ2) is 10.7. The minimum atomic E-state index is -0.971. The minimum absolute atomic E-state index is 0.220. The lowest BCUT2D eigenvalue weighted by molar-refractivity contribution is 0.0693. The lowest BCUT2D eigenvalue weighted by Crippen LogP contribution is -2.12. The standard InChI is InChI=1S/C26H24FN5O3S/c1-15(2)36-24-8-16(4-5-19(24)26(33)34)21-12-25(31-14-30-21)29-6-7-32-18(13-28)11-20-22(32)9-17(27)10-23(20)35-3/h4-5,8-12,14-15H,6-7H2,1-3H3,(H,33,34)(H,29,30,31). The molecular weight excluding hydrogens is 481 g/mol. The summed E-state index contributed by atoms with van der Waals surface area (Å²) in [5.41, 5.74) is 2.64. The zero-order chi connectivity index (χ0) is 25.8. The van der Waals surface area contributed by atoms with Crippen LogP contribution >= 0.6 is 11.8 Å². The van der Waals surface area contributed by atoms with Crippen molar-refractivity contribution in [3.63, 3.8) is 0 Å². The van der Waals surface area contributed by atoms with E-state index in [1.807, 2.05) is 19.9 Å². The summed E-state index contributed by atoms with van der Waals surface area (Å²) in [7, 11) is 1.46. The van der Waals surface area contributed by atoms with Crippen LogP contribution in [0.1, 0.15) is 29.9 Å². The third kappa shape index (κ3) is 5.26. The largest absolute Gasteiger partial charge is 0.496 e. The van der Waals surface area contributed by atoms with E-state index in [0.717, 1.165) is 5.56 Å². The molecule has 0 aliphatic rings. The average Bonchev–Trinajstić information content (AvgIpc) is 3.20. The number of nitrogens with zero attached hydrogens (tertiary/aromatic N) is 4. The number of nitrogens with one attached hydrogen (secondary N) is 1. The molecule has 0 spiro atoms. The van der Waals surface area contributed by atoms with Gasteiger partial charge in [-0.2, -0.15) is 5.26 Å². The maximum absolute atomic E-state index is 14.1. The van der Waals surface area contributed by atoms with E-state index in [9.17, 15) is 19.6 Å². The zero-order valence-electron chi connectivity index (χ0n) is 19.9. The van der Waals surface area contributed by atoms with E-state index in [1.165, 1.54) is 37.3 Å². The van der Waals surface area contributed by atoms with Gasteiger partial charge in [-0.25, -0.2) is 19.2 Å². The molecule has 0 amide bonds. The molecule has 8 nitrogen and oxygen atoms in total. The van der Waals surface area contributed by atoms with Gasteiger partial charge in [0, 0.05) is 46.3 Å². The van der Waals surface area contributed by atoms with Gasteiger partial charge < -0.3 is 19.7 Å². The highest BCUT2D eigenvalue weighted by Crippen LogP contribution is 2.32. The van der Waals surface area contributed by atoms with Crippen molar-refractivity contribution < 1.29 is 19.0 Å². The number of hydrogen-bond donors (Lipinski definition) is 2. The summed E-state index contributed by atoms with van der Waals surface area (Å²) in [6.45, 7) is 4.82. The monoisotopic (exact) mass is 505 g/mol. The number of aromatic nitrogens is 3. The molecule has 4 rings (SSSR count). The molecule has 0 unspecified atom stereocenters. The number of carboxylic acid groups (broad SMARTS) is 1. The highest BCUT2D eigenvalue weighted by atomic mass is 32.2. The van der Waals surface area contributed by atoms with Gasteiger partial charge in [0.25, 0.3) is 0 Å². The first-order valence-electron chi connectivity index (χ1n) is 11.2. The maximum Gasteiger partial charge on any atom is 0.336 e. The summed E-state index contributed by atoms with van der Waals surface area (Å²) in [6.07, 6.45) is 1.43. The van der Waals surface area contributed by atoms with Crippen LogP contribution in [0.5, 0.6) is 5.75 Å². The number of halogens is 1. The Balaban J connectivity index is 1.55. The fourth-order valence-electron chi connectivity index (χ4n) is 3.91. The van der Waals surface area contributed by atoms with Crippen LogP contribution in [0.25, 0.3) is 22.2 Å². The number of hydrogen-bond acceptors (Lipinski definition) is 7. The maximum atomic E-state index is 14.1. The van der Waals surface area contributed by atoms with E-state index >= 15 is 0 Å². The number of aromatic carboxylic acids is 1. The van der Waals surface area contributed by atoms with Gasteiger partial charge in [0.05, 0.1) is 23.9 Å². The molecule has 2 N–H and O–H groups in total. The Morgan fingerprint density at radius 3 is 2.75 bits per heavy atom. The van der Waals surface area contributed by atoms with E-state index in [1.54, 1.807) is 28.8 Å². The Labute approximate surface area is 211 Å². The van der Waals surface area contributed by atoms with Gasteiger partial charge in [0.1, 0.15) is 35.5 Å². The molecule has 0 atom stereocenters. The van der Waals surface area contributed by atoms with Gasteiger partial charge in [-0.1, -0.05) is 19.9 Å². The predicted molar refractivity (Wildman–Crippen MR) is 137 cm³/mol. The number of rotatable bonds is 9. The van der Waals surface area contributed by atoms with E-state index < -0.39 is 11.8 Å². The van der Waals surface area contributed by atoms with Crippen molar-refractivity contribution in [1.29, 1.82) is 5.26 Å². The molecule has 0 radical (unpaired) electrons. The molecule has 36 heavy (non-hydrogen) atoms. The second-order valence-corrected chi connectivity index (χ2v) is 9.85. The molecule has 0 saturated carbocycles. The quantitative estimate of drug-likeness (QED) is 0.290. The summed E-state index contributed by atoms with van der Waals surface area (Å²) in [6, 6.07) is 13.4. The molecule has 0 aliphatic heterocycles. The van der Waals surface area contributed by atoms with Gasteiger partial charge in [-0.15, -0.1) is 11.8 Å². The minimum Gasteiger partial charge on any atom is -0.496 e. The summed E-state index contributed by atoms with van der Waals surface area (Å²) < 4.78 is 21.1. The Bertz CT molecular complexity index is 1480. The van der Waals surface area contributed by atoms with Crippen molar-refractivity contribution in [2.45, 2.75) is 30.5 Å². The first kappa shape index (κ1) is 25.0. The van der Waals surface area contributed by atoms with Gasteiger partial charge in [-0.05, 0) is 24.3 Å². The van der Waals surface area contributed by atoms with E-state index in [-0.39, 0.29) is 10.8 Å². The van der Waals surface area contributed by atoms with Crippen molar-refractivity contribution >= 4 is 34.5 Å². The van der Waals surface area contributed by atoms with E-state index in [0.29, 0.717) is 51.8 Å². The number of nitriles is 1. The molecule has 4 aromatic rings. The van der Waals surface area contributed by atoms with Crippen LogP contribution in [0.15, 0.2) is 53.7 Å². The van der Waals surface area contributed by atoms with Crippen LogP contribution in [-0.4, -0.2) is 44.5 Å². The predicted octanol–water partition coefficient (Wildman–Crippen LogP) is 5.43. The molecule has 0 fully saturated rings. The van der Waals surface area contributed by atoms with Gasteiger partial charge in [0.2, 0.25) is 0 Å². The number of ether oxygens (including phenoxy) is 1. The van der Waals surface area contributed by atoms with Crippen molar-refractivity contribution in [2.24, 2.45) is 0 Å². The first-order valence-corrected chi connectivity index (χ1v) is 12.1. The van der Waals surface area contributed by atoms with Gasteiger partial charge in [-0.3, -0.25) is 0 Å². The van der Waals surface area contributed by atoms with Crippen molar-refractivity contribution in [1.82, 2.24) is 14.5 Å². The Morgan fingerprint density at radius 1 is 1.25 bits per heavy atom. The molecule has 2 aromatic carbocycles. The Hall–Kier alpha value is -4.10. The third-order valence-corrected chi connectivity index (χ3v) is 6.52. The number of carboxylic acids is 1. The molecule has 2 aromatic heterocycles. The van der Waals surface area contributed by atoms with Crippen LogP contribution in [0, 0.1) is 17.1 Å². The zero-order valence-corrected chi connectivity index (χ0v) is 20.8. The second-order valence-electron chi connectivity index (χ2n) is 8.23. The third-order valence-electron chi connectivity index (χ3n) is 5.46. The van der Waals surface area contributed by atoms with E-state index in [4.69, 9.17) is 4.74 Å². The first-order chi connectivity index (χ1) is 17.3. The summed E-state index contributed by atoms with van der Waals surface area (Å²) in [5.74, 6) is -0.473. The number of thioether (sulfide) groups is 1. The van der Waals surface area contributed by atoms with Crippen LogP contribution in [0.2, 0.25) is 0 Å². The fourth-order valence-corrected chi connectivity index (χ4v) is 4.90. The Morgan fingerprint density at radius 2 is 2.06 bits per heavy atom. The molecule has 0 bridgehead atoms. The van der Waals surface area contributed by atoms with Gasteiger partial charge in [0.15, 0.2) is 0 Å². The number of anilines is 1. The van der Waals surface area contributed by atoms with Crippen LogP contribution in [0.3, 0.4) is 0 Å². The van der Waals surface area contributed by atoms with Crippen molar-refractivity contribution in [3.8, 4) is 23.1 Å². The number of methoxy groups -OCH3 is 1. The number of fused-ring (bicyclic) bond motifs is 1. The average molecular weight is 506 g/mol. The Kier molecular flexibility index (Phi) is 7.41. The van der Waals surface area contributed by atoms with Crippen LogP contribution in [-0.2, 0) is 6.54 Å². The smallest absolute Gasteiger partial charge is 0.336 e. The summed E-state index contributed by atoms with van der Waals surface area (Å²) in [4.78, 5) is 20.9. The van der Waals surface area contributed by atoms with Crippen LogP contribution in [0.4, 0.5) is 10.2 Å². The van der Waals surface area contributed by atoms with Crippen molar-refractivity contribution in [2.75, 3.05) is 19.0 Å². The normalized spacial score (nSPS) is 11.0. The summed E-state index contributed by atoms with van der Waals surface area (Å²) in [5, 5.41) is 23.2. The summed E-state index contributed by atoms with van der Waals surface area (Å²) >= 11 is 1.48. The molecular formula is C26H24FN5O3S. The molecule has 0 saturated heterocycles. The molecule has 10 heteroatoms. The van der Waals surface area contributed by atoms with E-state index in [2.05, 4.69) is 21.4 Å².